The number of rotatable bonds is 1. The molecular weight excluding hydrogens is 326 g/mol. The molecule has 1 aliphatic carbocycles. The molecule has 0 aromatic carbocycles. The Morgan fingerprint density at radius 3 is 3.00 bits per heavy atom. The van der Waals surface area contributed by atoms with E-state index >= 15 is 0 Å². The van der Waals surface area contributed by atoms with Gasteiger partial charge in [0.1, 0.15) is 10.8 Å². The Bertz CT molecular complexity index is 679. The van der Waals surface area contributed by atoms with Crippen molar-refractivity contribution in [2.75, 3.05) is 0 Å². The van der Waals surface area contributed by atoms with E-state index in [0.29, 0.717) is 12.2 Å². The molecule has 96 valence electrons. The van der Waals surface area contributed by atoms with Crippen LogP contribution in [0.4, 0.5) is 5.00 Å². The molecule has 0 atom stereocenters. The molecule has 0 radical (unpaired) electrons. The number of hydrogen-bond acceptors (Lipinski definition) is 4. The maximum absolute atomic E-state index is 11.4. The van der Waals surface area contributed by atoms with Crippen molar-refractivity contribution in [1.82, 2.24) is 0 Å². The van der Waals surface area contributed by atoms with Gasteiger partial charge in [0.25, 0.3) is 0 Å². The lowest BCUT2D eigenvalue weighted by Gasteiger charge is -2.20. The molecule has 1 aliphatic heterocycles. The highest BCUT2D eigenvalue weighted by atomic mass is 79.9. The molecule has 1 aromatic rings. The van der Waals surface area contributed by atoms with E-state index in [2.05, 4.69) is 20.9 Å². The molecule has 0 spiro atoms. The van der Waals surface area contributed by atoms with Crippen molar-refractivity contribution in [3.8, 4) is 0 Å². The first-order chi connectivity index (χ1) is 9.11. The molecular formula is C14H10BrNO2S. The zero-order chi connectivity index (χ0) is 13.4. The fraction of sp³-hybridized carbons (Fsp3) is 0.143. The SMILES string of the molecule is CC1=C2C=CC(=Nc3cc(Br)cs3)C=C2OC(=O)C1. The molecule has 0 saturated carbocycles. The minimum atomic E-state index is -0.207. The molecule has 2 heterocycles. The number of thiophene rings is 1. The van der Waals surface area contributed by atoms with Gasteiger partial charge in [-0.3, -0.25) is 4.79 Å². The number of carbonyl (C=O) groups is 1. The third kappa shape index (κ3) is 2.62. The van der Waals surface area contributed by atoms with Crippen molar-refractivity contribution < 1.29 is 9.53 Å². The van der Waals surface area contributed by atoms with E-state index in [-0.39, 0.29) is 5.97 Å². The summed E-state index contributed by atoms with van der Waals surface area (Å²) in [4.78, 5) is 15.9. The molecule has 3 nitrogen and oxygen atoms in total. The molecule has 1 aromatic heterocycles. The summed E-state index contributed by atoms with van der Waals surface area (Å²) in [6.45, 7) is 1.95. The largest absolute Gasteiger partial charge is 0.426 e. The smallest absolute Gasteiger partial charge is 0.315 e. The number of carbonyl (C=O) groups excluding carboxylic acids is 1. The molecule has 0 amide bonds. The number of ether oxygens (including phenoxy) is 1. The highest BCUT2D eigenvalue weighted by Gasteiger charge is 2.22. The van der Waals surface area contributed by atoms with Crippen LogP contribution in [0.25, 0.3) is 0 Å². The average molecular weight is 336 g/mol. The summed E-state index contributed by atoms with van der Waals surface area (Å²) in [5, 5.41) is 2.89. The summed E-state index contributed by atoms with van der Waals surface area (Å²) in [5.74, 6) is 0.395. The fourth-order valence-corrected chi connectivity index (χ4v) is 3.28. The summed E-state index contributed by atoms with van der Waals surface area (Å²) in [6, 6.07) is 1.95. The first kappa shape index (κ1) is 12.6. The van der Waals surface area contributed by atoms with Gasteiger partial charge >= 0.3 is 5.97 Å². The molecule has 3 rings (SSSR count). The summed E-state index contributed by atoms with van der Waals surface area (Å²) in [5.41, 5.74) is 2.82. The zero-order valence-corrected chi connectivity index (χ0v) is 12.5. The highest BCUT2D eigenvalue weighted by molar-refractivity contribution is 9.10. The van der Waals surface area contributed by atoms with Crippen molar-refractivity contribution in [2.45, 2.75) is 13.3 Å². The van der Waals surface area contributed by atoms with Crippen LogP contribution in [0.15, 0.2) is 56.0 Å². The van der Waals surface area contributed by atoms with Crippen LogP contribution in [0.5, 0.6) is 0 Å². The number of nitrogens with zero attached hydrogens (tertiary/aromatic N) is 1. The van der Waals surface area contributed by atoms with Crippen molar-refractivity contribution in [2.24, 2.45) is 4.99 Å². The number of esters is 1. The Labute approximate surface area is 123 Å². The molecule has 2 aliphatic rings. The molecule has 19 heavy (non-hydrogen) atoms. The van der Waals surface area contributed by atoms with E-state index < -0.39 is 0 Å². The quantitative estimate of drug-likeness (QED) is 0.717. The maximum atomic E-state index is 11.4. The lowest BCUT2D eigenvalue weighted by atomic mass is 9.97. The summed E-state index contributed by atoms with van der Waals surface area (Å²) in [6.07, 6.45) is 6.07. The zero-order valence-electron chi connectivity index (χ0n) is 10.1. The topological polar surface area (TPSA) is 38.7 Å². The summed E-state index contributed by atoms with van der Waals surface area (Å²) >= 11 is 4.96. The summed E-state index contributed by atoms with van der Waals surface area (Å²) < 4.78 is 6.28. The molecule has 0 fully saturated rings. The standard InChI is InChI=1S/C14H10BrNO2S/c1-8-4-14(17)18-12-6-10(2-3-11(8)12)16-13-5-9(15)7-19-13/h2-3,5-7H,4H2,1H3. The number of allylic oxidation sites excluding steroid dienone is 3. The van der Waals surface area contributed by atoms with Crippen molar-refractivity contribution in [1.29, 1.82) is 0 Å². The first-order valence-electron chi connectivity index (χ1n) is 5.75. The lowest BCUT2D eigenvalue weighted by molar-refractivity contribution is -0.138. The molecule has 0 saturated heterocycles. The van der Waals surface area contributed by atoms with E-state index in [1.807, 2.05) is 36.6 Å². The normalized spacial score (nSPS) is 20.4. The van der Waals surface area contributed by atoms with Gasteiger partial charge in [0.2, 0.25) is 0 Å². The van der Waals surface area contributed by atoms with E-state index in [4.69, 9.17) is 4.74 Å². The van der Waals surface area contributed by atoms with Gasteiger partial charge < -0.3 is 4.74 Å². The predicted octanol–water partition coefficient (Wildman–Crippen LogP) is 4.30. The Morgan fingerprint density at radius 2 is 2.26 bits per heavy atom. The number of aliphatic imine (C=N–C) groups is 1. The van der Waals surface area contributed by atoms with Gasteiger partial charge in [0.05, 0.1) is 12.1 Å². The monoisotopic (exact) mass is 335 g/mol. The highest BCUT2D eigenvalue weighted by Crippen LogP contribution is 2.31. The number of fused-ring (bicyclic) bond motifs is 1. The minimum absolute atomic E-state index is 0.207. The Morgan fingerprint density at radius 1 is 1.42 bits per heavy atom. The second-order valence-corrected chi connectivity index (χ2v) is 6.13. The number of hydrogen-bond donors (Lipinski definition) is 0. The second-order valence-electron chi connectivity index (χ2n) is 4.33. The van der Waals surface area contributed by atoms with Crippen LogP contribution in [0, 0.1) is 0 Å². The molecule has 0 unspecified atom stereocenters. The van der Waals surface area contributed by atoms with Crippen LogP contribution in [-0.4, -0.2) is 11.7 Å². The van der Waals surface area contributed by atoms with Crippen LogP contribution in [0.2, 0.25) is 0 Å². The van der Waals surface area contributed by atoms with Gasteiger partial charge in [0.15, 0.2) is 0 Å². The maximum Gasteiger partial charge on any atom is 0.315 e. The lowest BCUT2D eigenvalue weighted by Crippen LogP contribution is -2.16. The predicted molar refractivity (Wildman–Crippen MR) is 79.7 cm³/mol. The minimum Gasteiger partial charge on any atom is -0.426 e. The second kappa shape index (κ2) is 4.90. The first-order valence-corrected chi connectivity index (χ1v) is 7.42. The van der Waals surface area contributed by atoms with E-state index in [1.54, 1.807) is 11.3 Å². The summed E-state index contributed by atoms with van der Waals surface area (Å²) in [7, 11) is 0. The average Bonchev–Trinajstić information content (AvgIpc) is 2.74. The van der Waals surface area contributed by atoms with Crippen LogP contribution in [0.3, 0.4) is 0 Å². The fourth-order valence-electron chi connectivity index (χ4n) is 1.98. The van der Waals surface area contributed by atoms with Crippen LogP contribution < -0.4 is 0 Å². The van der Waals surface area contributed by atoms with Gasteiger partial charge in [-0.05, 0) is 41.1 Å². The van der Waals surface area contributed by atoms with Crippen LogP contribution in [-0.2, 0) is 9.53 Å². The Kier molecular flexibility index (Phi) is 3.24. The Hall–Kier alpha value is -1.46. The number of halogens is 1. The van der Waals surface area contributed by atoms with Crippen molar-refractivity contribution in [3.05, 3.63) is 51.1 Å². The Balaban J connectivity index is 1.96. The van der Waals surface area contributed by atoms with Crippen molar-refractivity contribution >= 4 is 43.9 Å². The van der Waals surface area contributed by atoms with E-state index in [1.165, 1.54) is 0 Å². The van der Waals surface area contributed by atoms with Gasteiger partial charge in [-0.15, -0.1) is 11.3 Å². The van der Waals surface area contributed by atoms with Gasteiger partial charge in [0, 0.05) is 21.5 Å². The van der Waals surface area contributed by atoms with Crippen LogP contribution >= 0.6 is 27.3 Å². The van der Waals surface area contributed by atoms with Crippen LogP contribution in [0.1, 0.15) is 13.3 Å². The van der Waals surface area contributed by atoms with Crippen molar-refractivity contribution in [3.63, 3.8) is 0 Å². The van der Waals surface area contributed by atoms with E-state index in [0.717, 1.165) is 26.3 Å². The molecule has 0 bridgehead atoms. The van der Waals surface area contributed by atoms with E-state index in [9.17, 15) is 4.79 Å². The molecule has 5 heteroatoms. The van der Waals surface area contributed by atoms with Gasteiger partial charge in [-0.1, -0.05) is 5.57 Å². The third-order valence-corrected chi connectivity index (χ3v) is 4.43. The molecule has 0 N–H and O–H groups in total. The third-order valence-electron chi connectivity index (χ3n) is 2.85. The van der Waals surface area contributed by atoms with Gasteiger partial charge in [-0.25, -0.2) is 4.99 Å². The van der Waals surface area contributed by atoms with Gasteiger partial charge in [-0.2, -0.15) is 0 Å².